The maximum Gasteiger partial charge on any atom is 0.310 e. The van der Waals surface area contributed by atoms with Crippen molar-refractivity contribution >= 4 is 17.7 Å². The summed E-state index contributed by atoms with van der Waals surface area (Å²) in [6, 6.07) is 0. The average Bonchev–Trinajstić information content (AvgIpc) is 2.36. The largest absolute Gasteiger partial charge is 0.469 e. The normalized spacial score (nSPS) is 28.2. The molecular weight excluding hydrogens is 164 g/mol. The first-order valence-corrected chi connectivity index (χ1v) is 4.00. The van der Waals surface area contributed by atoms with Crippen molar-refractivity contribution in [3.05, 3.63) is 11.6 Å². The molecule has 0 fully saturated rings. The number of hydrogen-bond donors (Lipinski definition) is 2. The predicted octanol–water partition coefficient (Wildman–Crippen LogP) is -0.0304. The second kappa shape index (κ2) is 3.15. The molecule has 0 spiro atoms. The van der Waals surface area contributed by atoms with Crippen LogP contribution in [0.1, 0.15) is 6.42 Å². The maximum absolute atomic E-state index is 10.8. The number of ether oxygens (including phenoxy) is 1. The zero-order valence-electron chi connectivity index (χ0n) is 6.16. The molecule has 1 aliphatic rings. The Balaban J connectivity index is 2.41. The molecule has 0 saturated heterocycles. The van der Waals surface area contributed by atoms with Crippen LogP contribution in [0, 0.1) is 0 Å². The van der Waals surface area contributed by atoms with E-state index < -0.39 is 4.99 Å². The second-order valence-electron chi connectivity index (χ2n) is 2.21. The van der Waals surface area contributed by atoms with Crippen LogP contribution >= 0.6 is 11.8 Å². The van der Waals surface area contributed by atoms with Gasteiger partial charge >= 0.3 is 5.97 Å². The second-order valence-corrected chi connectivity index (χ2v) is 3.44. The van der Waals surface area contributed by atoms with E-state index in [1.165, 1.54) is 18.9 Å². The standard InChI is InChI=1S/C6H10N2O2S/c1-10-5(9)4-6(7)8-2-3-11-6/h2-3,8H,4,7H2,1H3. The summed E-state index contributed by atoms with van der Waals surface area (Å²) in [5.74, 6) is -0.309. The van der Waals surface area contributed by atoms with Crippen molar-refractivity contribution in [1.82, 2.24) is 5.32 Å². The third-order valence-corrected chi connectivity index (χ3v) is 2.26. The van der Waals surface area contributed by atoms with Crippen LogP contribution in [0.15, 0.2) is 11.6 Å². The molecule has 0 amide bonds. The fourth-order valence-corrected chi connectivity index (χ4v) is 1.46. The van der Waals surface area contributed by atoms with Crippen molar-refractivity contribution in [3.8, 4) is 0 Å². The minimum absolute atomic E-state index is 0.168. The summed E-state index contributed by atoms with van der Waals surface area (Å²) in [7, 11) is 1.35. The Kier molecular flexibility index (Phi) is 2.41. The number of carbonyl (C=O) groups excluding carboxylic acids is 1. The minimum atomic E-state index is -0.701. The van der Waals surface area contributed by atoms with Crippen molar-refractivity contribution in [2.24, 2.45) is 5.73 Å². The zero-order chi connectivity index (χ0) is 8.32. The lowest BCUT2D eigenvalue weighted by molar-refractivity contribution is -0.141. The number of rotatable bonds is 2. The molecule has 0 radical (unpaired) electrons. The molecule has 0 aromatic carbocycles. The highest BCUT2D eigenvalue weighted by molar-refractivity contribution is 8.03. The lowest BCUT2D eigenvalue weighted by Gasteiger charge is -2.21. The summed E-state index contributed by atoms with van der Waals surface area (Å²) >= 11 is 1.37. The van der Waals surface area contributed by atoms with Gasteiger partial charge in [-0.1, -0.05) is 11.8 Å². The van der Waals surface area contributed by atoms with Crippen LogP contribution < -0.4 is 11.1 Å². The Morgan fingerprint density at radius 3 is 3.09 bits per heavy atom. The molecule has 1 unspecified atom stereocenters. The number of methoxy groups -OCH3 is 1. The summed E-state index contributed by atoms with van der Waals surface area (Å²) in [6.45, 7) is 0. The molecule has 3 N–H and O–H groups in total. The van der Waals surface area contributed by atoms with E-state index in [1.807, 2.05) is 5.41 Å². The van der Waals surface area contributed by atoms with E-state index in [-0.39, 0.29) is 12.4 Å². The fourth-order valence-electron chi connectivity index (χ4n) is 0.744. The number of esters is 1. The van der Waals surface area contributed by atoms with Crippen molar-refractivity contribution in [2.45, 2.75) is 11.4 Å². The third-order valence-electron chi connectivity index (χ3n) is 1.31. The van der Waals surface area contributed by atoms with Crippen molar-refractivity contribution in [1.29, 1.82) is 0 Å². The molecule has 1 atom stereocenters. The van der Waals surface area contributed by atoms with Gasteiger partial charge in [0.1, 0.15) is 4.99 Å². The smallest absolute Gasteiger partial charge is 0.310 e. The predicted molar refractivity (Wildman–Crippen MR) is 43.4 cm³/mol. The van der Waals surface area contributed by atoms with Crippen LogP contribution in [-0.2, 0) is 9.53 Å². The summed E-state index contributed by atoms with van der Waals surface area (Å²) in [4.78, 5) is 10.1. The van der Waals surface area contributed by atoms with Gasteiger partial charge < -0.3 is 10.1 Å². The number of thioether (sulfide) groups is 1. The van der Waals surface area contributed by atoms with Crippen LogP contribution in [0.5, 0.6) is 0 Å². The van der Waals surface area contributed by atoms with Crippen molar-refractivity contribution in [2.75, 3.05) is 7.11 Å². The number of hydrogen-bond acceptors (Lipinski definition) is 5. The van der Waals surface area contributed by atoms with Crippen LogP contribution in [0.4, 0.5) is 0 Å². The van der Waals surface area contributed by atoms with Crippen LogP contribution in [0.2, 0.25) is 0 Å². The average molecular weight is 174 g/mol. The van der Waals surface area contributed by atoms with E-state index in [2.05, 4.69) is 10.1 Å². The van der Waals surface area contributed by atoms with Gasteiger partial charge in [0.15, 0.2) is 0 Å². The molecule has 0 aromatic heterocycles. The van der Waals surface area contributed by atoms with Gasteiger partial charge in [0.2, 0.25) is 0 Å². The maximum atomic E-state index is 10.8. The van der Waals surface area contributed by atoms with E-state index in [1.54, 1.807) is 6.20 Å². The summed E-state index contributed by atoms with van der Waals surface area (Å²) in [6.07, 6.45) is 1.88. The molecule has 0 aliphatic carbocycles. The van der Waals surface area contributed by atoms with Gasteiger partial charge in [-0.2, -0.15) is 0 Å². The van der Waals surface area contributed by atoms with Gasteiger partial charge in [0.05, 0.1) is 13.5 Å². The van der Waals surface area contributed by atoms with Crippen LogP contribution in [-0.4, -0.2) is 18.1 Å². The first kappa shape index (κ1) is 8.42. The molecular formula is C6H10N2O2S. The topological polar surface area (TPSA) is 64.3 Å². The molecule has 0 saturated carbocycles. The zero-order valence-corrected chi connectivity index (χ0v) is 6.98. The number of carbonyl (C=O) groups is 1. The van der Waals surface area contributed by atoms with E-state index in [9.17, 15) is 4.79 Å². The Hall–Kier alpha value is -0.680. The quantitative estimate of drug-likeness (QED) is 0.575. The summed E-state index contributed by atoms with van der Waals surface area (Å²) in [5.41, 5.74) is 5.72. The highest BCUT2D eigenvalue weighted by Crippen LogP contribution is 2.26. The molecule has 62 valence electrons. The molecule has 4 nitrogen and oxygen atoms in total. The molecule has 1 heterocycles. The van der Waals surface area contributed by atoms with E-state index in [0.717, 1.165) is 0 Å². The van der Waals surface area contributed by atoms with E-state index in [0.29, 0.717) is 0 Å². The molecule has 11 heavy (non-hydrogen) atoms. The molecule has 1 rings (SSSR count). The van der Waals surface area contributed by atoms with Crippen LogP contribution in [0.3, 0.4) is 0 Å². The fraction of sp³-hybridized carbons (Fsp3) is 0.500. The van der Waals surface area contributed by atoms with Crippen molar-refractivity contribution < 1.29 is 9.53 Å². The van der Waals surface area contributed by atoms with Gasteiger partial charge in [-0.3, -0.25) is 10.5 Å². The first-order chi connectivity index (χ1) is 5.16. The Bertz CT molecular complexity index is 185. The Labute approximate surface area is 69.2 Å². The Morgan fingerprint density at radius 2 is 2.64 bits per heavy atom. The molecule has 0 bridgehead atoms. The minimum Gasteiger partial charge on any atom is -0.469 e. The Morgan fingerprint density at radius 1 is 1.91 bits per heavy atom. The van der Waals surface area contributed by atoms with Crippen molar-refractivity contribution in [3.63, 3.8) is 0 Å². The lowest BCUT2D eigenvalue weighted by Crippen LogP contribution is -2.47. The van der Waals surface area contributed by atoms with Crippen LogP contribution in [0.25, 0.3) is 0 Å². The molecule has 1 aliphatic heterocycles. The first-order valence-electron chi connectivity index (χ1n) is 3.12. The monoisotopic (exact) mass is 174 g/mol. The highest BCUT2D eigenvalue weighted by atomic mass is 32.2. The summed E-state index contributed by atoms with van der Waals surface area (Å²) in [5, 5.41) is 4.67. The number of nitrogens with one attached hydrogen (secondary N) is 1. The number of nitrogens with two attached hydrogens (primary N) is 1. The van der Waals surface area contributed by atoms with Gasteiger partial charge in [-0.15, -0.1) is 0 Å². The van der Waals surface area contributed by atoms with Gasteiger partial charge in [0.25, 0.3) is 0 Å². The van der Waals surface area contributed by atoms with Gasteiger partial charge in [-0.25, -0.2) is 0 Å². The van der Waals surface area contributed by atoms with Gasteiger partial charge in [-0.05, 0) is 5.41 Å². The molecule has 5 heteroatoms. The van der Waals surface area contributed by atoms with E-state index >= 15 is 0 Å². The third kappa shape index (κ3) is 2.13. The SMILES string of the molecule is COC(=O)CC1(N)NC=CS1. The molecule has 0 aromatic rings. The summed E-state index contributed by atoms with van der Waals surface area (Å²) < 4.78 is 4.48. The van der Waals surface area contributed by atoms with Gasteiger partial charge in [0, 0.05) is 6.20 Å². The highest BCUT2D eigenvalue weighted by Gasteiger charge is 2.29. The lowest BCUT2D eigenvalue weighted by atomic mass is 10.3. The van der Waals surface area contributed by atoms with E-state index in [4.69, 9.17) is 5.73 Å².